The zero-order chi connectivity index (χ0) is 16.1. The van der Waals surface area contributed by atoms with Crippen LogP contribution in [0.5, 0.6) is 5.75 Å². The zero-order valence-electron chi connectivity index (χ0n) is 13.0. The van der Waals surface area contributed by atoms with Crippen LogP contribution in [-0.2, 0) is 4.74 Å². The van der Waals surface area contributed by atoms with Crippen LogP contribution in [-0.4, -0.2) is 35.7 Å². The van der Waals surface area contributed by atoms with Crippen molar-refractivity contribution >= 4 is 11.6 Å². The lowest BCUT2D eigenvalue weighted by atomic mass is 10.1. The van der Waals surface area contributed by atoms with Gasteiger partial charge in [-0.25, -0.2) is 4.98 Å². The molecule has 0 bridgehead atoms. The van der Waals surface area contributed by atoms with E-state index in [1.54, 1.807) is 18.3 Å². The summed E-state index contributed by atoms with van der Waals surface area (Å²) in [4.78, 5) is 20.2. The Hall–Kier alpha value is -2.47. The summed E-state index contributed by atoms with van der Waals surface area (Å²) in [6, 6.07) is 7.29. The van der Waals surface area contributed by atoms with Crippen LogP contribution in [0.3, 0.4) is 0 Å². The number of hydrogen-bond acceptors (Lipinski definition) is 5. The summed E-state index contributed by atoms with van der Waals surface area (Å²) < 4.78 is 11.1. The minimum absolute atomic E-state index is 0.283. The summed E-state index contributed by atoms with van der Waals surface area (Å²) in [7, 11) is 0. The molecule has 0 radical (unpaired) electrons. The molecule has 1 aliphatic heterocycles. The first-order valence-electron chi connectivity index (χ1n) is 7.61. The van der Waals surface area contributed by atoms with Crippen LogP contribution < -0.4 is 10.1 Å². The van der Waals surface area contributed by atoms with E-state index in [2.05, 4.69) is 15.3 Å². The smallest absolute Gasteiger partial charge is 0.275 e. The van der Waals surface area contributed by atoms with E-state index in [1.165, 1.54) is 6.20 Å². The van der Waals surface area contributed by atoms with Gasteiger partial charge < -0.3 is 14.8 Å². The molecule has 3 rings (SSSR count). The molecular weight excluding hydrogens is 294 g/mol. The molecule has 1 N–H and O–H groups in total. The molecule has 0 aliphatic carbocycles. The number of hydrogen-bond donors (Lipinski definition) is 1. The Balaban J connectivity index is 1.54. The Bertz CT molecular complexity index is 650. The van der Waals surface area contributed by atoms with Gasteiger partial charge in [-0.05, 0) is 37.6 Å². The topological polar surface area (TPSA) is 73.3 Å². The molecule has 6 nitrogen and oxygen atoms in total. The lowest BCUT2D eigenvalue weighted by Crippen LogP contribution is -2.14. The predicted octanol–water partition coefficient (Wildman–Crippen LogP) is 2.45. The van der Waals surface area contributed by atoms with Crippen molar-refractivity contribution in [3.8, 4) is 5.75 Å². The third kappa shape index (κ3) is 4.26. The molecule has 1 saturated heterocycles. The van der Waals surface area contributed by atoms with Crippen LogP contribution in [0.25, 0.3) is 0 Å². The number of anilines is 1. The van der Waals surface area contributed by atoms with Gasteiger partial charge in [-0.1, -0.05) is 0 Å². The van der Waals surface area contributed by atoms with Crippen LogP contribution in [0.15, 0.2) is 36.7 Å². The van der Waals surface area contributed by atoms with Gasteiger partial charge in [0.15, 0.2) is 0 Å². The lowest BCUT2D eigenvalue weighted by molar-refractivity contribution is 0.102. The van der Waals surface area contributed by atoms with Crippen molar-refractivity contribution in [2.45, 2.75) is 13.3 Å². The number of carbonyl (C=O) groups is 1. The molecule has 1 atom stereocenters. The van der Waals surface area contributed by atoms with E-state index in [1.807, 2.05) is 19.1 Å². The average Bonchev–Trinajstić information content (AvgIpc) is 3.08. The fraction of sp³-hybridized carbons (Fsp3) is 0.353. The highest BCUT2D eigenvalue weighted by Crippen LogP contribution is 2.19. The number of nitrogens with zero attached hydrogens (tertiary/aromatic N) is 2. The molecule has 2 aromatic rings. The molecular formula is C17H19N3O3. The van der Waals surface area contributed by atoms with E-state index in [-0.39, 0.29) is 11.6 Å². The van der Waals surface area contributed by atoms with Crippen LogP contribution in [0.4, 0.5) is 5.69 Å². The predicted molar refractivity (Wildman–Crippen MR) is 85.6 cm³/mol. The SMILES string of the molecule is Cc1cnc(C(=O)Nc2ccc(OC[C@H]3CCOC3)cc2)cn1. The Morgan fingerprint density at radius 1 is 1.30 bits per heavy atom. The van der Waals surface area contributed by atoms with Gasteiger partial charge in [0, 0.05) is 24.4 Å². The van der Waals surface area contributed by atoms with Crippen molar-refractivity contribution in [3.63, 3.8) is 0 Å². The van der Waals surface area contributed by atoms with E-state index < -0.39 is 0 Å². The van der Waals surface area contributed by atoms with Crippen molar-refractivity contribution in [1.29, 1.82) is 0 Å². The van der Waals surface area contributed by atoms with Gasteiger partial charge in [0.05, 0.1) is 25.1 Å². The zero-order valence-corrected chi connectivity index (χ0v) is 13.0. The summed E-state index contributed by atoms with van der Waals surface area (Å²) in [5, 5.41) is 2.79. The molecule has 1 fully saturated rings. The minimum atomic E-state index is -0.283. The second-order valence-electron chi connectivity index (χ2n) is 5.56. The Kier molecular flexibility index (Phi) is 4.83. The Morgan fingerprint density at radius 3 is 2.78 bits per heavy atom. The number of aromatic nitrogens is 2. The molecule has 23 heavy (non-hydrogen) atoms. The number of benzene rings is 1. The van der Waals surface area contributed by atoms with Crippen molar-refractivity contribution in [2.75, 3.05) is 25.1 Å². The molecule has 1 aliphatic rings. The highest BCUT2D eigenvalue weighted by atomic mass is 16.5. The number of nitrogens with one attached hydrogen (secondary N) is 1. The molecule has 2 heterocycles. The van der Waals surface area contributed by atoms with Crippen molar-refractivity contribution < 1.29 is 14.3 Å². The summed E-state index contributed by atoms with van der Waals surface area (Å²) in [5.41, 5.74) is 1.75. The summed E-state index contributed by atoms with van der Waals surface area (Å²) in [5.74, 6) is 0.966. The summed E-state index contributed by atoms with van der Waals surface area (Å²) >= 11 is 0. The van der Waals surface area contributed by atoms with Gasteiger partial charge in [-0.15, -0.1) is 0 Å². The van der Waals surface area contributed by atoms with Gasteiger partial charge in [-0.3, -0.25) is 9.78 Å². The second kappa shape index (κ2) is 7.19. The molecule has 1 amide bonds. The van der Waals surface area contributed by atoms with Crippen molar-refractivity contribution in [1.82, 2.24) is 9.97 Å². The fourth-order valence-corrected chi connectivity index (χ4v) is 2.27. The molecule has 120 valence electrons. The number of aryl methyl sites for hydroxylation is 1. The van der Waals surface area contributed by atoms with Crippen molar-refractivity contribution in [3.05, 3.63) is 48.0 Å². The number of ether oxygens (including phenoxy) is 2. The van der Waals surface area contributed by atoms with Crippen LogP contribution >= 0.6 is 0 Å². The van der Waals surface area contributed by atoms with E-state index in [4.69, 9.17) is 9.47 Å². The first-order valence-corrected chi connectivity index (χ1v) is 7.61. The monoisotopic (exact) mass is 313 g/mol. The Morgan fingerprint density at radius 2 is 2.13 bits per heavy atom. The molecule has 1 aromatic heterocycles. The van der Waals surface area contributed by atoms with E-state index in [0.29, 0.717) is 18.2 Å². The lowest BCUT2D eigenvalue weighted by Gasteiger charge is -2.11. The third-order valence-corrected chi connectivity index (χ3v) is 3.64. The van der Waals surface area contributed by atoms with Crippen LogP contribution in [0.1, 0.15) is 22.6 Å². The van der Waals surface area contributed by atoms with Crippen LogP contribution in [0, 0.1) is 12.8 Å². The standard InChI is InChI=1S/C17H19N3O3/c1-12-8-19-16(9-18-12)17(21)20-14-2-4-15(5-3-14)23-11-13-6-7-22-10-13/h2-5,8-9,13H,6-7,10-11H2,1H3,(H,20,21)/t13-/m0/s1. The summed E-state index contributed by atoms with van der Waals surface area (Å²) in [6.45, 7) is 4.07. The number of amides is 1. The number of carbonyl (C=O) groups excluding carboxylic acids is 1. The normalized spacial score (nSPS) is 17.0. The fourth-order valence-electron chi connectivity index (χ4n) is 2.27. The molecule has 0 unspecified atom stereocenters. The maximum absolute atomic E-state index is 12.1. The van der Waals surface area contributed by atoms with Crippen LogP contribution in [0.2, 0.25) is 0 Å². The second-order valence-corrected chi connectivity index (χ2v) is 5.56. The van der Waals surface area contributed by atoms with Crippen molar-refractivity contribution in [2.24, 2.45) is 5.92 Å². The van der Waals surface area contributed by atoms with E-state index >= 15 is 0 Å². The summed E-state index contributed by atoms with van der Waals surface area (Å²) in [6.07, 6.45) is 4.08. The molecule has 0 saturated carbocycles. The van der Waals surface area contributed by atoms with E-state index in [0.717, 1.165) is 31.1 Å². The minimum Gasteiger partial charge on any atom is -0.493 e. The Labute approximate surface area is 134 Å². The van der Waals surface area contributed by atoms with Gasteiger partial charge >= 0.3 is 0 Å². The molecule has 0 spiro atoms. The maximum atomic E-state index is 12.1. The average molecular weight is 313 g/mol. The third-order valence-electron chi connectivity index (χ3n) is 3.64. The molecule has 1 aromatic carbocycles. The van der Waals surface area contributed by atoms with Gasteiger partial charge in [0.25, 0.3) is 5.91 Å². The van der Waals surface area contributed by atoms with Gasteiger partial charge in [0.2, 0.25) is 0 Å². The number of rotatable bonds is 5. The quantitative estimate of drug-likeness (QED) is 0.918. The maximum Gasteiger partial charge on any atom is 0.275 e. The highest BCUT2D eigenvalue weighted by molar-refractivity contribution is 6.02. The first-order chi connectivity index (χ1) is 11.2. The highest BCUT2D eigenvalue weighted by Gasteiger charge is 2.16. The first kappa shape index (κ1) is 15.4. The van der Waals surface area contributed by atoms with Gasteiger partial charge in [-0.2, -0.15) is 0 Å². The van der Waals surface area contributed by atoms with Gasteiger partial charge in [0.1, 0.15) is 11.4 Å². The largest absolute Gasteiger partial charge is 0.493 e. The van der Waals surface area contributed by atoms with E-state index in [9.17, 15) is 4.79 Å². The molecule has 6 heteroatoms.